The van der Waals surface area contributed by atoms with Crippen molar-refractivity contribution in [1.82, 2.24) is 4.98 Å². The molecule has 0 saturated heterocycles. The molecule has 1 aromatic heterocycles. The molecule has 0 aliphatic carbocycles. The van der Waals surface area contributed by atoms with Crippen molar-refractivity contribution in [2.75, 3.05) is 12.1 Å². The van der Waals surface area contributed by atoms with Crippen molar-refractivity contribution in [1.29, 1.82) is 0 Å². The number of hydrogen-bond acceptors (Lipinski definition) is 4. The van der Waals surface area contributed by atoms with Crippen LogP contribution in [-0.4, -0.2) is 17.7 Å². The molecular formula is C25H20N2O3. The van der Waals surface area contributed by atoms with Gasteiger partial charge in [-0.15, -0.1) is 0 Å². The molecule has 148 valence electrons. The van der Waals surface area contributed by atoms with Crippen molar-refractivity contribution in [3.63, 3.8) is 0 Å². The van der Waals surface area contributed by atoms with E-state index in [1.54, 1.807) is 12.1 Å². The molecular weight excluding hydrogens is 376 g/mol. The number of pyridine rings is 1. The monoisotopic (exact) mass is 396 g/mol. The second-order valence-electron chi connectivity index (χ2n) is 7.23. The number of nitrogens with zero attached hydrogens (tertiary/aromatic N) is 1. The highest BCUT2D eigenvalue weighted by atomic mass is 16.7. The fraction of sp³-hybridized carbons (Fsp3) is 0.120. The number of fused-ring (bicyclic) bond motifs is 2. The molecule has 1 amide bonds. The summed E-state index contributed by atoms with van der Waals surface area (Å²) in [4.78, 5) is 17.7. The van der Waals surface area contributed by atoms with E-state index in [-0.39, 0.29) is 19.1 Å². The molecule has 4 aromatic rings. The summed E-state index contributed by atoms with van der Waals surface area (Å²) in [5.41, 5.74) is 5.52. The van der Waals surface area contributed by atoms with Gasteiger partial charge in [-0.25, -0.2) is 0 Å². The first-order chi connectivity index (χ1) is 14.7. The Morgan fingerprint density at radius 3 is 2.60 bits per heavy atom. The number of carbonyl (C=O) groups is 1. The highest BCUT2D eigenvalue weighted by molar-refractivity contribution is 6.00. The van der Waals surface area contributed by atoms with Crippen LogP contribution in [-0.2, 0) is 11.2 Å². The Kier molecular flexibility index (Phi) is 4.56. The van der Waals surface area contributed by atoms with Gasteiger partial charge in [0, 0.05) is 22.8 Å². The third-order valence-corrected chi connectivity index (χ3v) is 5.26. The molecule has 5 nitrogen and oxygen atoms in total. The smallest absolute Gasteiger partial charge is 0.231 e. The van der Waals surface area contributed by atoms with Gasteiger partial charge < -0.3 is 14.8 Å². The Balaban J connectivity index is 1.52. The number of anilines is 1. The zero-order valence-electron chi connectivity index (χ0n) is 16.5. The van der Waals surface area contributed by atoms with E-state index < -0.39 is 0 Å². The number of benzene rings is 3. The van der Waals surface area contributed by atoms with E-state index in [9.17, 15) is 4.79 Å². The standard InChI is InChI=1S/C25H20N2O3/c1-16-20(14-24(28)27-18-11-12-22-23(13-18)30-15-29-22)25(17-7-3-2-4-8-17)19-9-5-6-10-21(19)26-16/h2-13H,14-15H2,1H3,(H,27,28). The maximum atomic E-state index is 12.9. The second-order valence-corrected chi connectivity index (χ2v) is 7.23. The van der Waals surface area contributed by atoms with Crippen LogP contribution >= 0.6 is 0 Å². The quantitative estimate of drug-likeness (QED) is 0.520. The lowest BCUT2D eigenvalue weighted by molar-refractivity contribution is -0.115. The first-order valence-electron chi connectivity index (χ1n) is 9.82. The molecule has 0 bridgehead atoms. The first-order valence-corrected chi connectivity index (χ1v) is 9.82. The Bertz CT molecular complexity index is 1250. The van der Waals surface area contributed by atoms with Gasteiger partial charge in [0.15, 0.2) is 11.5 Å². The number of rotatable bonds is 4. The number of ether oxygens (including phenoxy) is 2. The van der Waals surface area contributed by atoms with Crippen LogP contribution in [0.1, 0.15) is 11.3 Å². The third kappa shape index (κ3) is 3.35. The van der Waals surface area contributed by atoms with E-state index >= 15 is 0 Å². The van der Waals surface area contributed by atoms with Crippen molar-refractivity contribution in [3.8, 4) is 22.6 Å². The van der Waals surface area contributed by atoms with E-state index in [1.807, 2.05) is 49.4 Å². The van der Waals surface area contributed by atoms with Crippen molar-refractivity contribution >= 4 is 22.5 Å². The molecule has 1 N–H and O–H groups in total. The van der Waals surface area contributed by atoms with Gasteiger partial charge in [0.1, 0.15) is 0 Å². The SMILES string of the molecule is Cc1nc2ccccc2c(-c2ccccc2)c1CC(=O)Nc1ccc2c(c1)OCO2. The van der Waals surface area contributed by atoms with Crippen LogP contribution in [0, 0.1) is 6.92 Å². The molecule has 1 aliphatic rings. The molecule has 1 aliphatic heterocycles. The van der Waals surface area contributed by atoms with E-state index in [4.69, 9.17) is 14.5 Å². The highest BCUT2D eigenvalue weighted by Gasteiger charge is 2.18. The Morgan fingerprint density at radius 2 is 1.73 bits per heavy atom. The average Bonchev–Trinajstić information content (AvgIpc) is 3.23. The van der Waals surface area contributed by atoms with Gasteiger partial charge in [0.25, 0.3) is 0 Å². The maximum absolute atomic E-state index is 12.9. The number of aryl methyl sites for hydroxylation is 1. The highest BCUT2D eigenvalue weighted by Crippen LogP contribution is 2.35. The topological polar surface area (TPSA) is 60.5 Å². The fourth-order valence-corrected chi connectivity index (χ4v) is 3.87. The summed E-state index contributed by atoms with van der Waals surface area (Å²) in [6.45, 7) is 2.16. The molecule has 0 unspecified atom stereocenters. The molecule has 30 heavy (non-hydrogen) atoms. The summed E-state index contributed by atoms with van der Waals surface area (Å²) < 4.78 is 10.7. The molecule has 0 atom stereocenters. The lowest BCUT2D eigenvalue weighted by atomic mass is 9.92. The van der Waals surface area contributed by atoms with Crippen LogP contribution in [0.2, 0.25) is 0 Å². The van der Waals surface area contributed by atoms with Crippen molar-refractivity contribution in [2.45, 2.75) is 13.3 Å². The molecule has 2 heterocycles. The van der Waals surface area contributed by atoms with Gasteiger partial charge in [0.2, 0.25) is 12.7 Å². The van der Waals surface area contributed by atoms with Gasteiger partial charge in [-0.2, -0.15) is 0 Å². The Hall–Kier alpha value is -3.86. The number of carbonyl (C=O) groups excluding carboxylic acids is 1. The van der Waals surface area contributed by atoms with Crippen LogP contribution < -0.4 is 14.8 Å². The zero-order chi connectivity index (χ0) is 20.5. The fourth-order valence-electron chi connectivity index (χ4n) is 3.87. The van der Waals surface area contributed by atoms with Gasteiger partial charge in [-0.3, -0.25) is 9.78 Å². The molecule has 3 aromatic carbocycles. The van der Waals surface area contributed by atoms with Crippen LogP contribution in [0.3, 0.4) is 0 Å². The minimum Gasteiger partial charge on any atom is -0.454 e. The summed E-state index contributed by atoms with van der Waals surface area (Å²) in [5.74, 6) is 1.22. The molecule has 0 fully saturated rings. The largest absolute Gasteiger partial charge is 0.454 e. The summed E-state index contributed by atoms with van der Waals surface area (Å²) in [5, 5.41) is 4.01. The van der Waals surface area contributed by atoms with E-state index in [1.165, 1.54) is 0 Å². The number of amides is 1. The van der Waals surface area contributed by atoms with Crippen molar-refractivity contribution in [2.24, 2.45) is 0 Å². The van der Waals surface area contributed by atoms with Gasteiger partial charge >= 0.3 is 0 Å². The molecule has 5 rings (SSSR count). The maximum Gasteiger partial charge on any atom is 0.231 e. The number of aromatic nitrogens is 1. The van der Waals surface area contributed by atoms with E-state index in [0.29, 0.717) is 17.2 Å². The predicted octanol–water partition coefficient (Wildman–Crippen LogP) is 5.12. The number of para-hydroxylation sites is 1. The second kappa shape index (κ2) is 7.52. The Morgan fingerprint density at radius 1 is 0.967 bits per heavy atom. The molecule has 0 radical (unpaired) electrons. The predicted molar refractivity (Wildman–Crippen MR) is 117 cm³/mol. The van der Waals surface area contributed by atoms with Crippen molar-refractivity contribution < 1.29 is 14.3 Å². The molecule has 5 heteroatoms. The van der Waals surface area contributed by atoms with E-state index in [2.05, 4.69) is 23.5 Å². The minimum absolute atomic E-state index is 0.105. The minimum atomic E-state index is -0.105. The van der Waals surface area contributed by atoms with Crippen molar-refractivity contribution in [3.05, 3.63) is 84.1 Å². The lowest BCUT2D eigenvalue weighted by Gasteiger charge is -2.16. The van der Waals surface area contributed by atoms with Gasteiger partial charge in [-0.1, -0.05) is 48.5 Å². The number of hydrogen-bond donors (Lipinski definition) is 1. The summed E-state index contributed by atoms with van der Waals surface area (Å²) in [6.07, 6.45) is 0.225. The normalized spacial score (nSPS) is 12.2. The van der Waals surface area contributed by atoms with Crippen LogP contribution in [0.25, 0.3) is 22.0 Å². The van der Waals surface area contributed by atoms with Crippen LogP contribution in [0.4, 0.5) is 5.69 Å². The lowest BCUT2D eigenvalue weighted by Crippen LogP contribution is -2.16. The number of nitrogens with one attached hydrogen (secondary N) is 1. The molecule has 0 spiro atoms. The summed E-state index contributed by atoms with van der Waals surface area (Å²) in [7, 11) is 0. The molecule has 0 saturated carbocycles. The van der Waals surface area contributed by atoms with Crippen LogP contribution in [0.5, 0.6) is 11.5 Å². The first kappa shape index (κ1) is 18.2. The summed E-state index contributed by atoms with van der Waals surface area (Å²) in [6, 6.07) is 23.6. The average molecular weight is 396 g/mol. The zero-order valence-corrected chi connectivity index (χ0v) is 16.5. The van der Waals surface area contributed by atoms with Gasteiger partial charge in [-0.05, 0) is 41.8 Å². The third-order valence-electron chi connectivity index (χ3n) is 5.26. The Labute approximate surface area is 174 Å². The van der Waals surface area contributed by atoms with E-state index in [0.717, 1.165) is 33.3 Å². The van der Waals surface area contributed by atoms with Crippen LogP contribution in [0.15, 0.2) is 72.8 Å². The van der Waals surface area contributed by atoms with Gasteiger partial charge in [0.05, 0.1) is 11.9 Å². The summed E-state index contributed by atoms with van der Waals surface area (Å²) >= 11 is 0.